The monoisotopic (exact) mass is 200 g/mol. The van der Waals surface area contributed by atoms with E-state index in [4.69, 9.17) is 23.2 Å². The van der Waals surface area contributed by atoms with Gasteiger partial charge in [-0.05, 0) is 0 Å². The number of hydrogen-bond acceptors (Lipinski definition) is 4. The van der Waals surface area contributed by atoms with Crippen LogP contribution in [0.3, 0.4) is 0 Å². The Morgan fingerprint density at radius 3 is 1.29 bits per heavy atom. The molecule has 0 spiro atoms. The number of rotatable bonds is 0. The van der Waals surface area contributed by atoms with Crippen LogP contribution in [0.25, 0.3) is 0 Å². The van der Waals surface area contributed by atoms with Gasteiger partial charge in [0.1, 0.15) is 0 Å². The zero-order chi connectivity index (χ0) is 10.6. The highest BCUT2D eigenvalue weighted by molar-refractivity contribution is 5.79. The maximum Gasteiger partial charge on any atom is 0.213 e. The molecule has 0 aromatic carbocycles. The predicted octanol–water partition coefficient (Wildman–Crippen LogP) is -3.02. The minimum absolute atomic E-state index is 0.341. The van der Waals surface area contributed by atoms with Crippen LogP contribution in [0, 0.1) is 0 Å². The zero-order valence-corrected chi connectivity index (χ0v) is 7.93. The van der Waals surface area contributed by atoms with Crippen LogP contribution in [-0.4, -0.2) is 47.9 Å². The number of hydrogen-bond donors (Lipinski definition) is 4. The summed E-state index contributed by atoms with van der Waals surface area (Å²) in [6.07, 6.45) is 0. The van der Waals surface area contributed by atoms with Gasteiger partial charge in [-0.1, -0.05) is 0 Å². The van der Waals surface area contributed by atoms with Crippen molar-refractivity contribution in [1.82, 2.24) is 9.80 Å². The molecule has 8 nitrogen and oxygen atoms in total. The van der Waals surface area contributed by atoms with Gasteiger partial charge in [0.25, 0.3) is 0 Å². The number of piperazine rings is 1. The van der Waals surface area contributed by atoms with Crippen LogP contribution < -0.4 is 23.2 Å². The summed E-state index contributed by atoms with van der Waals surface area (Å²) in [5.41, 5.74) is 11.1. The number of guanidine groups is 2. The predicted molar refractivity (Wildman–Crippen MR) is 54.8 cm³/mol. The van der Waals surface area contributed by atoms with Gasteiger partial charge in [-0.25, -0.2) is 0 Å². The molecule has 1 heterocycles. The Morgan fingerprint density at radius 1 is 0.786 bits per heavy atom. The van der Waals surface area contributed by atoms with Gasteiger partial charge in [0.2, 0.25) is 11.9 Å². The summed E-state index contributed by atoms with van der Waals surface area (Å²) in [4.78, 5) is 3.75. The lowest BCUT2D eigenvalue weighted by Crippen LogP contribution is -2.54. The first-order chi connectivity index (χ1) is 6.69. The standard InChI is InChI=1S/C6H16N8/c7-5(11-9)13-1-2-14(4-3-13)6(8)12-10/h1-4,9-10H2,(H2,7,11)(H2,8,12). The largest absolute Gasteiger partial charge is 0.368 e. The van der Waals surface area contributed by atoms with Gasteiger partial charge in [-0.2, -0.15) is 0 Å². The lowest BCUT2D eigenvalue weighted by atomic mass is 10.3. The highest BCUT2D eigenvalue weighted by Gasteiger charge is 2.19. The fraction of sp³-hybridized carbons (Fsp3) is 0.667. The maximum absolute atomic E-state index is 5.55. The average molecular weight is 200 g/mol. The first kappa shape index (κ1) is 10.2. The van der Waals surface area contributed by atoms with E-state index in [0.717, 1.165) is 0 Å². The first-order valence-electron chi connectivity index (χ1n) is 4.25. The number of nitrogens with two attached hydrogens (primary N) is 4. The van der Waals surface area contributed by atoms with E-state index >= 15 is 0 Å². The molecule has 1 rings (SSSR count). The smallest absolute Gasteiger partial charge is 0.213 e. The molecular formula is C6H16N8. The minimum atomic E-state index is 0.341. The molecule has 0 atom stereocenters. The highest BCUT2D eigenvalue weighted by Crippen LogP contribution is 1.99. The third-order valence-corrected chi connectivity index (χ3v) is 2.19. The van der Waals surface area contributed by atoms with E-state index < -0.39 is 0 Å². The zero-order valence-electron chi connectivity index (χ0n) is 7.93. The highest BCUT2D eigenvalue weighted by atomic mass is 15.4. The summed E-state index contributed by atoms with van der Waals surface area (Å²) in [6.45, 7) is 2.84. The SMILES string of the molecule is NN=C(N)N1CCN(C(N)=NN)CC1. The van der Waals surface area contributed by atoms with Crippen molar-refractivity contribution in [3.63, 3.8) is 0 Å². The molecule has 8 N–H and O–H groups in total. The average Bonchev–Trinajstić information content (AvgIpc) is 2.27. The summed E-state index contributed by atoms with van der Waals surface area (Å²) in [5, 5.41) is 6.84. The molecular weight excluding hydrogens is 184 g/mol. The lowest BCUT2D eigenvalue weighted by Gasteiger charge is -2.35. The van der Waals surface area contributed by atoms with Gasteiger partial charge in [0.05, 0.1) is 0 Å². The molecule has 0 unspecified atom stereocenters. The maximum atomic E-state index is 5.55. The van der Waals surface area contributed by atoms with Crippen molar-refractivity contribution in [2.75, 3.05) is 26.2 Å². The third kappa shape index (κ3) is 2.09. The Balaban J connectivity index is 2.46. The van der Waals surface area contributed by atoms with Gasteiger partial charge in [0, 0.05) is 26.2 Å². The van der Waals surface area contributed by atoms with Crippen molar-refractivity contribution < 1.29 is 0 Å². The number of nitrogens with zero attached hydrogens (tertiary/aromatic N) is 4. The Morgan fingerprint density at radius 2 is 1.07 bits per heavy atom. The molecule has 80 valence electrons. The van der Waals surface area contributed by atoms with Gasteiger partial charge >= 0.3 is 0 Å². The summed E-state index contributed by atoms with van der Waals surface area (Å²) in [7, 11) is 0. The van der Waals surface area contributed by atoms with E-state index in [2.05, 4.69) is 10.2 Å². The van der Waals surface area contributed by atoms with Gasteiger partial charge < -0.3 is 33.0 Å². The number of hydrazone groups is 2. The lowest BCUT2D eigenvalue weighted by molar-refractivity contribution is 0.254. The van der Waals surface area contributed by atoms with E-state index in [1.165, 1.54) is 0 Å². The molecule has 0 aromatic heterocycles. The van der Waals surface area contributed by atoms with Crippen molar-refractivity contribution in [2.24, 2.45) is 33.4 Å². The van der Waals surface area contributed by atoms with Crippen molar-refractivity contribution in [2.45, 2.75) is 0 Å². The van der Waals surface area contributed by atoms with Crippen LogP contribution in [0.15, 0.2) is 10.2 Å². The van der Waals surface area contributed by atoms with Crippen LogP contribution in [0.5, 0.6) is 0 Å². The molecule has 0 saturated carbocycles. The summed E-state index contributed by atoms with van der Waals surface area (Å²) < 4.78 is 0. The van der Waals surface area contributed by atoms with Crippen LogP contribution in [-0.2, 0) is 0 Å². The van der Waals surface area contributed by atoms with Gasteiger partial charge in [-0.15, -0.1) is 10.2 Å². The van der Waals surface area contributed by atoms with Crippen LogP contribution in [0.2, 0.25) is 0 Å². The molecule has 1 aliphatic rings. The molecule has 0 aromatic rings. The second-order valence-electron chi connectivity index (χ2n) is 2.95. The topological polar surface area (TPSA) is 135 Å². The molecule has 14 heavy (non-hydrogen) atoms. The Labute approximate surface area is 82.2 Å². The molecule has 1 saturated heterocycles. The summed E-state index contributed by atoms with van der Waals surface area (Å²) in [5.74, 6) is 10.8. The molecule has 1 aliphatic heterocycles. The third-order valence-electron chi connectivity index (χ3n) is 2.19. The minimum Gasteiger partial charge on any atom is -0.368 e. The Kier molecular flexibility index (Phi) is 3.21. The van der Waals surface area contributed by atoms with Crippen molar-refractivity contribution >= 4 is 11.9 Å². The Bertz CT molecular complexity index is 212. The molecule has 0 radical (unpaired) electrons. The second kappa shape index (κ2) is 4.40. The normalized spacial score (nSPS) is 20.0. The summed E-state index contributed by atoms with van der Waals surface area (Å²) in [6, 6.07) is 0. The van der Waals surface area contributed by atoms with E-state index in [1.807, 2.05) is 9.80 Å². The van der Waals surface area contributed by atoms with Gasteiger partial charge in [0.15, 0.2) is 0 Å². The van der Waals surface area contributed by atoms with Crippen LogP contribution >= 0.6 is 0 Å². The summed E-state index contributed by atoms with van der Waals surface area (Å²) >= 11 is 0. The van der Waals surface area contributed by atoms with Gasteiger partial charge in [-0.3, -0.25) is 0 Å². The van der Waals surface area contributed by atoms with Crippen molar-refractivity contribution in [1.29, 1.82) is 0 Å². The molecule has 0 amide bonds. The molecule has 0 bridgehead atoms. The second-order valence-corrected chi connectivity index (χ2v) is 2.95. The van der Waals surface area contributed by atoms with E-state index in [-0.39, 0.29) is 0 Å². The Hall–Kier alpha value is -1.86. The van der Waals surface area contributed by atoms with Crippen LogP contribution in [0.4, 0.5) is 0 Å². The molecule has 8 heteroatoms. The molecule has 0 aliphatic carbocycles. The van der Waals surface area contributed by atoms with Crippen molar-refractivity contribution in [3.8, 4) is 0 Å². The molecule has 1 fully saturated rings. The van der Waals surface area contributed by atoms with E-state index in [1.54, 1.807) is 0 Å². The quantitative estimate of drug-likeness (QED) is 0.142. The van der Waals surface area contributed by atoms with E-state index in [0.29, 0.717) is 38.1 Å². The fourth-order valence-electron chi connectivity index (χ4n) is 1.33. The first-order valence-corrected chi connectivity index (χ1v) is 4.25. The fourth-order valence-corrected chi connectivity index (χ4v) is 1.33. The van der Waals surface area contributed by atoms with Crippen molar-refractivity contribution in [3.05, 3.63) is 0 Å². The van der Waals surface area contributed by atoms with Crippen LogP contribution in [0.1, 0.15) is 0 Å². The van der Waals surface area contributed by atoms with E-state index in [9.17, 15) is 0 Å².